The smallest absolute Gasteiger partial charge is 0.330 e. The first-order valence-electron chi connectivity index (χ1n) is 10.7. The Bertz CT molecular complexity index is 1240. The fourth-order valence-electron chi connectivity index (χ4n) is 4.82. The molecule has 0 saturated carbocycles. The van der Waals surface area contributed by atoms with Crippen molar-refractivity contribution in [2.45, 2.75) is 46.2 Å². The van der Waals surface area contributed by atoms with Crippen molar-refractivity contribution < 1.29 is 9.32 Å². The molecule has 3 aliphatic rings. The minimum Gasteiger partial charge on any atom is -0.364 e. The lowest BCUT2D eigenvalue weighted by molar-refractivity contribution is 0.0599. The lowest BCUT2D eigenvalue weighted by atomic mass is 9.78. The Kier molecular flexibility index (Phi) is 4.42. The molecule has 0 unspecified atom stereocenters. The summed E-state index contributed by atoms with van der Waals surface area (Å²) in [5.74, 6) is 0.128. The van der Waals surface area contributed by atoms with E-state index in [0.717, 1.165) is 24.1 Å². The Hall–Kier alpha value is -3.16. The molecule has 1 fully saturated rings. The summed E-state index contributed by atoms with van der Waals surface area (Å²) in [6, 6.07) is 5.65. The number of nitrogens with zero attached hydrogens (tertiary/aromatic N) is 5. The number of rotatable bonds is 3. The fourth-order valence-corrected chi connectivity index (χ4v) is 4.82. The van der Waals surface area contributed by atoms with Crippen LogP contribution in [0.2, 0.25) is 0 Å². The normalized spacial score (nSPS) is 21.0. The number of imidazole rings is 1. The van der Waals surface area contributed by atoms with Crippen molar-refractivity contribution in [1.29, 1.82) is 0 Å². The van der Waals surface area contributed by atoms with E-state index >= 15 is 0 Å². The van der Waals surface area contributed by atoms with Gasteiger partial charge in [-0.15, -0.1) is 0 Å². The molecular formula is C23H27N5O3. The molecule has 1 saturated heterocycles. The minimum atomic E-state index is -0.0937. The third kappa shape index (κ3) is 3.30. The Morgan fingerprint density at radius 1 is 1.23 bits per heavy atom. The van der Waals surface area contributed by atoms with Crippen LogP contribution in [0.15, 0.2) is 39.9 Å². The SMILES string of the molecule is Cn1c(=O)n(CC(C)(C)C)c2ccc(C3=C[C@@H]4CC[C@H]3CN4C(=O)c3ccon3)nc21. The Morgan fingerprint density at radius 3 is 2.68 bits per heavy atom. The van der Waals surface area contributed by atoms with Gasteiger partial charge in [-0.1, -0.05) is 32.0 Å². The summed E-state index contributed by atoms with van der Waals surface area (Å²) in [5.41, 5.74) is 3.90. The van der Waals surface area contributed by atoms with Crippen LogP contribution < -0.4 is 5.69 Å². The van der Waals surface area contributed by atoms with E-state index in [2.05, 4.69) is 32.0 Å². The summed E-state index contributed by atoms with van der Waals surface area (Å²) in [7, 11) is 1.78. The monoisotopic (exact) mass is 421 g/mol. The molecule has 1 aliphatic carbocycles. The zero-order chi connectivity index (χ0) is 21.9. The highest BCUT2D eigenvalue weighted by atomic mass is 16.5. The van der Waals surface area contributed by atoms with Crippen molar-refractivity contribution >= 4 is 22.6 Å². The highest BCUT2D eigenvalue weighted by molar-refractivity contribution is 5.93. The summed E-state index contributed by atoms with van der Waals surface area (Å²) in [5, 5.41) is 3.80. The lowest BCUT2D eigenvalue weighted by Gasteiger charge is -2.44. The summed E-state index contributed by atoms with van der Waals surface area (Å²) >= 11 is 0. The molecule has 0 aromatic carbocycles. The molecule has 162 valence electrons. The van der Waals surface area contributed by atoms with E-state index in [0.29, 0.717) is 24.4 Å². The van der Waals surface area contributed by atoms with Crippen LogP contribution in [0.4, 0.5) is 0 Å². The maximum absolute atomic E-state index is 12.8. The first-order chi connectivity index (χ1) is 14.7. The largest absolute Gasteiger partial charge is 0.364 e. The molecule has 31 heavy (non-hydrogen) atoms. The van der Waals surface area contributed by atoms with Gasteiger partial charge in [0.1, 0.15) is 6.26 Å². The molecule has 2 bridgehead atoms. The average molecular weight is 422 g/mol. The second kappa shape index (κ2) is 6.93. The minimum absolute atomic E-state index is 0.0122. The number of hydrogen-bond donors (Lipinski definition) is 0. The molecule has 2 atom stereocenters. The molecule has 3 aromatic rings. The zero-order valence-corrected chi connectivity index (χ0v) is 18.3. The highest BCUT2D eigenvalue weighted by Gasteiger charge is 2.39. The van der Waals surface area contributed by atoms with Crippen molar-refractivity contribution in [2.75, 3.05) is 6.54 Å². The molecule has 5 heterocycles. The maximum Gasteiger partial charge on any atom is 0.330 e. The van der Waals surface area contributed by atoms with E-state index in [1.165, 1.54) is 11.8 Å². The van der Waals surface area contributed by atoms with Crippen LogP contribution in [0.3, 0.4) is 0 Å². The van der Waals surface area contributed by atoms with Gasteiger partial charge in [-0.05, 0) is 36.0 Å². The molecule has 0 radical (unpaired) electrons. The van der Waals surface area contributed by atoms with Crippen molar-refractivity contribution in [1.82, 2.24) is 24.2 Å². The number of carbonyl (C=O) groups excluding carboxylic acids is 1. The predicted molar refractivity (Wildman–Crippen MR) is 116 cm³/mol. The number of carbonyl (C=O) groups is 1. The first-order valence-corrected chi connectivity index (χ1v) is 10.7. The summed E-state index contributed by atoms with van der Waals surface area (Å²) < 4.78 is 8.28. The van der Waals surface area contributed by atoms with Gasteiger partial charge in [0.25, 0.3) is 5.91 Å². The topological polar surface area (TPSA) is 86.2 Å². The molecule has 0 spiro atoms. The molecule has 2 aliphatic heterocycles. The van der Waals surface area contributed by atoms with E-state index in [4.69, 9.17) is 9.51 Å². The van der Waals surface area contributed by atoms with Crippen LogP contribution in [-0.4, -0.2) is 42.7 Å². The first kappa shape index (κ1) is 19.8. The number of pyridine rings is 1. The van der Waals surface area contributed by atoms with E-state index in [1.807, 2.05) is 21.6 Å². The standard InChI is InChI=1S/C23H27N5O3/c1-23(2,3)13-28-19-8-7-17(24-20(19)26(4)22(28)30)16-11-15-6-5-14(16)12-27(15)21(29)18-9-10-31-25-18/h7-11,14-15H,5-6,12-13H2,1-4H3/t14-,15-/m0/s1. The van der Waals surface area contributed by atoms with Crippen LogP contribution >= 0.6 is 0 Å². The number of amides is 1. The molecule has 6 rings (SSSR count). The van der Waals surface area contributed by atoms with Crippen LogP contribution in [0, 0.1) is 11.3 Å². The number of aromatic nitrogens is 4. The number of hydrogen-bond acceptors (Lipinski definition) is 5. The van der Waals surface area contributed by atoms with Crippen molar-refractivity contribution in [3.8, 4) is 0 Å². The summed E-state index contributed by atoms with van der Waals surface area (Å²) in [4.78, 5) is 32.4. The van der Waals surface area contributed by atoms with E-state index < -0.39 is 0 Å². The Labute approximate surface area is 180 Å². The van der Waals surface area contributed by atoms with Gasteiger partial charge in [0.15, 0.2) is 11.3 Å². The summed E-state index contributed by atoms with van der Waals surface area (Å²) in [6.45, 7) is 7.64. The van der Waals surface area contributed by atoms with Gasteiger partial charge >= 0.3 is 5.69 Å². The highest BCUT2D eigenvalue weighted by Crippen LogP contribution is 2.40. The lowest BCUT2D eigenvalue weighted by Crippen LogP contribution is -2.49. The van der Waals surface area contributed by atoms with Gasteiger partial charge < -0.3 is 9.42 Å². The Balaban J connectivity index is 1.50. The molecule has 8 nitrogen and oxygen atoms in total. The number of piperidine rings is 1. The molecular weight excluding hydrogens is 394 g/mol. The van der Waals surface area contributed by atoms with E-state index in [9.17, 15) is 9.59 Å². The van der Waals surface area contributed by atoms with E-state index in [-0.39, 0.29) is 29.0 Å². The summed E-state index contributed by atoms with van der Waals surface area (Å²) in [6.07, 6.45) is 5.53. The van der Waals surface area contributed by atoms with E-state index in [1.54, 1.807) is 17.7 Å². The second-order valence-electron chi connectivity index (χ2n) is 9.83. The molecule has 1 amide bonds. The van der Waals surface area contributed by atoms with Gasteiger partial charge in [-0.2, -0.15) is 0 Å². The zero-order valence-electron chi connectivity index (χ0n) is 18.3. The van der Waals surface area contributed by atoms with Crippen molar-refractivity contribution in [3.63, 3.8) is 0 Å². The van der Waals surface area contributed by atoms with Crippen molar-refractivity contribution in [3.05, 3.63) is 52.4 Å². The van der Waals surface area contributed by atoms with Crippen LogP contribution in [0.25, 0.3) is 16.7 Å². The predicted octanol–water partition coefficient (Wildman–Crippen LogP) is 3.09. The van der Waals surface area contributed by atoms with Crippen LogP contribution in [-0.2, 0) is 13.6 Å². The third-order valence-electron chi connectivity index (χ3n) is 6.27. The van der Waals surface area contributed by atoms with Gasteiger partial charge in [0, 0.05) is 32.1 Å². The van der Waals surface area contributed by atoms with Gasteiger partial charge in [-0.25, -0.2) is 9.78 Å². The van der Waals surface area contributed by atoms with Crippen LogP contribution in [0.5, 0.6) is 0 Å². The maximum atomic E-state index is 12.8. The number of fused-ring (bicyclic) bond motifs is 3. The quantitative estimate of drug-likeness (QED) is 0.649. The van der Waals surface area contributed by atoms with Crippen molar-refractivity contribution in [2.24, 2.45) is 18.4 Å². The molecule has 0 N–H and O–H groups in total. The third-order valence-corrected chi connectivity index (χ3v) is 6.27. The van der Waals surface area contributed by atoms with Crippen LogP contribution in [0.1, 0.15) is 49.8 Å². The Morgan fingerprint density at radius 2 is 2.03 bits per heavy atom. The number of aryl methyl sites for hydroxylation is 1. The second-order valence-corrected chi connectivity index (χ2v) is 9.83. The molecule has 3 aromatic heterocycles. The fraction of sp³-hybridized carbons (Fsp3) is 0.478. The molecule has 8 heteroatoms. The van der Waals surface area contributed by atoms with Gasteiger partial charge in [-0.3, -0.25) is 13.9 Å². The van der Waals surface area contributed by atoms with Gasteiger partial charge in [0.05, 0.1) is 17.3 Å². The van der Waals surface area contributed by atoms with Gasteiger partial charge in [0.2, 0.25) is 0 Å². The average Bonchev–Trinajstić information content (AvgIpc) is 3.36.